The van der Waals surface area contributed by atoms with Crippen LogP contribution in [-0.2, 0) is 4.79 Å². The maximum atomic E-state index is 10.3. The summed E-state index contributed by atoms with van der Waals surface area (Å²) in [5.74, 6) is -1.66. The molecule has 7 heteroatoms. The molecular formula is C7H7BrN2O4. The van der Waals surface area contributed by atoms with Crippen LogP contribution in [0, 0.1) is 0 Å². The van der Waals surface area contributed by atoms with Gasteiger partial charge in [-0.2, -0.15) is 0 Å². The topological polar surface area (TPSA) is 104 Å². The average molecular weight is 263 g/mol. The van der Waals surface area contributed by atoms with Crippen molar-refractivity contribution in [2.24, 2.45) is 0 Å². The second kappa shape index (κ2) is 4.45. The molecule has 76 valence electrons. The first-order chi connectivity index (χ1) is 6.52. The number of aliphatic hydroxyl groups excluding tert-OH is 2. The van der Waals surface area contributed by atoms with Crippen molar-refractivity contribution in [2.45, 2.75) is 12.2 Å². The molecule has 1 rings (SSSR count). The molecular weight excluding hydrogens is 256 g/mol. The first-order valence-corrected chi connectivity index (χ1v) is 4.38. The van der Waals surface area contributed by atoms with Crippen molar-refractivity contribution in [2.75, 3.05) is 0 Å². The molecule has 6 nitrogen and oxygen atoms in total. The van der Waals surface area contributed by atoms with E-state index in [2.05, 4.69) is 25.9 Å². The zero-order valence-corrected chi connectivity index (χ0v) is 8.42. The van der Waals surface area contributed by atoms with E-state index in [-0.39, 0.29) is 5.82 Å². The summed E-state index contributed by atoms with van der Waals surface area (Å²) in [6, 6.07) is 0. The lowest BCUT2D eigenvalue weighted by molar-refractivity contribution is -0.153. The number of aliphatic hydroxyl groups is 2. The predicted molar refractivity (Wildman–Crippen MR) is 48.3 cm³/mol. The van der Waals surface area contributed by atoms with E-state index in [0.717, 1.165) is 0 Å². The smallest absolute Gasteiger partial charge is 0.335 e. The predicted octanol–water partition coefficient (Wildman–Crippen LogP) is -0.282. The third-order valence-electron chi connectivity index (χ3n) is 1.46. The van der Waals surface area contributed by atoms with Crippen molar-refractivity contribution in [1.29, 1.82) is 0 Å². The Bertz CT molecular complexity index is 329. The molecule has 0 radical (unpaired) electrons. The van der Waals surface area contributed by atoms with Crippen LogP contribution in [-0.4, -0.2) is 37.4 Å². The summed E-state index contributed by atoms with van der Waals surface area (Å²) in [5, 5.41) is 26.6. The fourth-order valence-corrected chi connectivity index (χ4v) is 0.956. The maximum absolute atomic E-state index is 10.3. The Morgan fingerprint density at radius 1 is 1.36 bits per heavy atom. The van der Waals surface area contributed by atoms with Crippen LogP contribution < -0.4 is 0 Å². The molecule has 1 aromatic rings. The van der Waals surface area contributed by atoms with E-state index in [4.69, 9.17) is 10.2 Å². The van der Waals surface area contributed by atoms with E-state index in [9.17, 15) is 9.90 Å². The Hall–Kier alpha value is -1.05. The summed E-state index contributed by atoms with van der Waals surface area (Å²) in [7, 11) is 0. The van der Waals surface area contributed by atoms with Gasteiger partial charge in [-0.25, -0.2) is 14.8 Å². The van der Waals surface area contributed by atoms with E-state index >= 15 is 0 Å². The molecule has 0 aromatic carbocycles. The van der Waals surface area contributed by atoms with Gasteiger partial charge in [-0.1, -0.05) is 0 Å². The minimum absolute atomic E-state index is 0.136. The van der Waals surface area contributed by atoms with Crippen LogP contribution in [0.15, 0.2) is 16.9 Å². The highest BCUT2D eigenvalue weighted by Gasteiger charge is 2.27. The van der Waals surface area contributed by atoms with Gasteiger partial charge in [0, 0.05) is 12.4 Å². The van der Waals surface area contributed by atoms with Crippen molar-refractivity contribution in [3.63, 3.8) is 0 Å². The Morgan fingerprint density at radius 3 is 2.29 bits per heavy atom. The van der Waals surface area contributed by atoms with Crippen molar-refractivity contribution in [3.05, 3.63) is 22.7 Å². The largest absolute Gasteiger partial charge is 0.479 e. The summed E-state index contributed by atoms with van der Waals surface area (Å²) < 4.78 is 0.596. The molecule has 0 saturated carbocycles. The van der Waals surface area contributed by atoms with E-state index < -0.39 is 18.2 Å². The quantitative estimate of drug-likeness (QED) is 0.692. The van der Waals surface area contributed by atoms with Gasteiger partial charge in [-0.05, 0) is 15.9 Å². The molecule has 0 aliphatic heterocycles. The number of hydrogen-bond acceptors (Lipinski definition) is 5. The lowest BCUT2D eigenvalue weighted by atomic mass is 10.2. The highest BCUT2D eigenvalue weighted by Crippen LogP contribution is 2.13. The van der Waals surface area contributed by atoms with Crippen molar-refractivity contribution in [3.8, 4) is 0 Å². The third-order valence-corrected chi connectivity index (χ3v) is 1.87. The zero-order valence-electron chi connectivity index (χ0n) is 6.83. The van der Waals surface area contributed by atoms with Gasteiger partial charge in [-0.15, -0.1) is 0 Å². The Balaban J connectivity index is 2.84. The Labute approximate surface area is 87.4 Å². The van der Waals surface area contributed by atoms with E-state index in [1.165, 1.54) is 12.4 Å². The van der Waals surface area contributed by atoms with Gasteiger partial charge in [0.15, 0.2) is 18.0 Å². The maximum Gasteiger partial charge on any atom is 0.335 e. The second-order valence-corrected chi connectivity index (χ2v) is 3.40. The molecule has 1 heterocycles. The number of carbonyl (C=O) groups is 1. The monoisotopic (exact) mass is 262 g/mol. The fourth-order valence-electron chi connectivity index (χ4n) is 0.751. The number of hydrogen-bond donors (Lipinski definition) is 3. The number of aliphatic carboxylic acids is 1. The summed E-state index contributed by atoms with van der Waals surface area (Å²) >= 11 is 3.08. The Morgan fingerprint density at radius 2 is 1.86 bits per heavy atom. The van der Waals surface area contributed by atoms with Crippen LogP contribution in [0.1, 0.15) is 11.9 Å². The first-order valence-electron chi connectivity index (χ1n) is 3.58. The van der Waals surface area contributed by atoms with Crippen molar-refractivity contribution >= 4 is 21.9 Å². The van der Waals surface area contributed by atoms with E-state index in [1.54, 1.807) is 0 Å². The molecule has 2 atom stereocenters. The molecule has 2 unspecified atom stereocenters. The summed E-state index contributed by atoms with van der Waals surface area (Å²) in [6.45, 7) is 0. The van der Waals surface area contributed by atoms with Crippen LogP contribution in [0.2, 0.25) is 0 Å². The van der Waals surface area contributed by atoms with Crippen LogP contribution in [0.5, 0.6) is 0 Å². The highest BCUT2D eigenvalue weighted by atomic mass is 79.9. The van der Waals surface area contributed by atoms with Crippen LogP contribution in [0.25, 0.3) is 0 Å². The third kappa shape index (κ3) is 2.47. The molecule has 0 aliphatic carbocycles. The normalized spacial score (nSPS) is 14.8. The van der Waals surface area contributed by atoms with Crippen LogP contribution >= 0.6 is 15.9 Å². The minimum Gasteiger partial charge on any atom is -0.479 e. The number of aromatic nitrogens is 2. The van der Waals surface area contributed by atoms with Gasteiger partial charge in [0.05, 0.1) is 4.47 Å². The van der Waals surface area contributed by atoms with E-state index in [0.29, 0.717) is 4.47 Å². The average Bonchev–Trinajstić information content (AvgIpc) is 2.16. The second-order valence-electron chi connectivity index (χ2n) is 2.49. The van der Waals surface area contributed by atoms with Crippen molar-refractivity contribution in [1.82, 2.24) is 9.97 Å². The summed E-state index contributed by atoms with van der Waals surface area (Å²) in [4.78, 5) is 17.6. The molecule has 0 fully saturated rings. The van der Waals surface area contributed by atoms with Crippen molar-refractivity contribution < 1.29 is 20.1 Å². The van der Waals surface area contributed by atoms with Crippen LogP contribution in [0.4, 0.5) is 0 Å². The minimum atomic E-state index is -1.92. The summed E-state index contributed by atoms with van der Waals surface area (Å²) in [5.41, 5.74) is 0. The van der Waals surface area contributed by atoms with Gasteiger partial charge in [-0.3, -0.25) is 0 Å². The van der Waals surface area contributed by atoms with E-state index in [1.807, 2.05) is 0 Å². The van der Waals surface area contributed by atoms with Gasteiger partial charge in [0.1, 0.15) is 0 Å². The molecule has 0 saturated heterocycles. The molecule has 14 heavy (non-hydrogen) atoms. The van der Waals surface area contributed by atoms with Crippen LogP contribution in [0.3, 0.4) is 0 Å². The first kappa shape index (κ1) is 11.0. The number of carboxylic acid groups (broad SMARTS) is 1. The molecule has 0 bridgehead atoms. The molecule has 0 amide bonds. The molecule has 1 aromatic heterocycles. The SMILES string of the molecule is O=C(O)C(O)C(O)c1ncc(Br)cn1. The molecule has 0 spiro atoms. The number of rotatable bonds is 3. The number of carboxylic acids is 1. The highest BCUT2D eigenvalue weighted by molar-refractivity contribution is 9.10. The number of nitrogens with zero attached hydrogens (tertiary/aromatic N) is 2. The molecule has 3 N–H and O–H groups in total. The lowest BCUT2D eigenvalue weighted by Gasteiger charge is -2.11. The fraction of sp³-hybridized carbons (Fsp3) is 0.286. The van der Waals surface area contributed by atoms with Gasteiger partial charge < -0.3 is 15.3 Å². The van der Waals surface area contributed by atoms with Gasteiger partial charge >= 0.3 is 5.97 Å². The molecule has 0 aliphatic rings. The lowest BCUT2D eigenvalue weighted by Crippen LogP contribution is -2.28. The standard InChI is InChI=1S/C7H7BrN2O4/c8-3-1-9-6(10-2-3)4(11)5(12)7(13)14/h1-2,4-5,11-12H,(H,13,14). The summed E-state index contributed by atoms with van der Waals surface area (Å²) in [6.07, 6.45) is -0.850. The zero-order chi connectivity index (χ0) is 10.7. The Kier molecular flexibility index (Phi) is 3.50. The number of halogens is 1. The van der Waals surface area contributed by atoms with Gasteiger partial charge in [0.2, 0.25) is 0 Å². The van der Waals surface area contributed by atoms with Gasteiger partial charge in [0.25, 0.3) is 0 Å².